The maximum atomic E-state index is 12.3. The van der Waals surface area contributed by atoms with Crippen LogP contribution in [0.25, 0.3) is 0 Å². The number of Topliss-reactive ketones (excluding diaryl/α,β-unsaturated/α-hetero) is 1. The Balaban J connectivity index is 2.23. The molecule has 2 aromatic rings. The third-order valence-corrected chi connectivity index (χ3v) is 4.52. The lowest BCUT2D eigenvalue weighted by molar-refractivity contribution is 0.0991. The van der Waals surface area contributed by atoms with Gasteiger partial charge in [-0.1, -0.05) is 72.1 Å². The van der Waals surface area contributed by atoms with Crippen molar-refractivity contribution >= 4 is 53.6 Å². The Morgan fingerprint density at radius 1 is 0.833 bits per heavy atom. The topological polar surface area (TPSA) is 17.1 Å². The van der Waals surface area contributed by atoms with E-state index >= 15 is 0 Å². The van der Waals surface area contributed by atoms with Crippen LogP contribution < -0.4 is 0 Å². The van der Waals surface area contributed by atoms with E-state index in [1.165, 1.54) is 0 Å². The molecule has 0 aliphatic rings. The minimum absolute atomic E-state index is 0.0600. The Hall–Kier alpha value is -0.450. The molecule has 0 spiro atoms. The molecule has 18 heavy (non-hydrogen) atoms. The normalized spacial score (nSPS) is 12.2. The smallest absolute Gasteiger partial charge is 0.180 e. The molecule has 2 aromatic carbocycles. The van der Waals surface area contributed by atoms with E-state index in [0.29, 0.717) is 5.56 Å². The monoisotopic (exact) mass is 430 g/mol. The van der Waals surface area contributed by atoms with Gasteiger partial charge in [-0.25, -0.2) is 0 Å². The van der Waals surface area contributed by atoms with E-state index in [4.69, 9.17) is 0 Å². The highest BCUT2D eigenvalue weighted by atomic mass is 79.9. The van der Waals surface area contributed by atoms with Gasteiger partial charge in [0.25, 0.3) is 0 Å². The quantitative estimate of drug-likeness (QED) is 0.460. The lowest BCUT2D eigenvalue weighted by Gasteiger charge is -2.09. The van der Waals surface area contributed by atoms with E-state index < -0.39 is 0 Å². The molecule has 0 N–H and O–H groups in total. The molecular formula is C14H9Br3O. The van der Waals surface area contributed by atoms with Crippen molar-refractivity contribution in [1.29, 1.82) is 0 Å². The minimum Gasteiger partial charge on any atom is -0.293 e. The number of carbonyl (C=O) groups is 1. The lowest BCUT2D eigenvalue weighted by Crippen LogP contribution is -2.06. The summed E-state index contributed by atoms with van der Waals surface area (Å²) in [6.07, 6.45) is 0. The predicted molar refractivity (Wildman–Crippen MR) is 84.3 cm³/mol. The first-order chi connectivity index (χ1) is 8.58. The Bertz CT molecular complexity index is 546. The number of hydrogen-bond acceptors (Lipinski definition) is 1. The number of alkyl halides is 1. The van der Waals surface area contributed by atoms with E-state index in [1.807, 2.05) is 48.5 Å². The Morgan fingerprint density at radius 2 is 1.28 bits per heavy atom. The van der Waals surface area contributed by atoms with Crippen LogP contribution in [0.3, 0.4) is 0 Å². The first kappa shape index (κ1) is 14.0. The summed E-state index contributed by atoms with van der Waals surface area (Å²) in [5.74, 6) is 0.0600. The summed E-state index contributed by atoms with van der Waals surface area (Å²) in [6, 6.07) is 15.1. The third-order valence-electron chi connectivity index (χ3n) is 2.52. The average Bonchev–Trinajstić information content (AvgIpc) is 2.39. The first-order valence-corrected chi connectivity index (χ1v) is 7.77. The number of ketones is 1. The molecule has 92 valence electrons. The number of hydrogen-bond donors (Lipinski definition) is 0. The van der Waals surface area contributed by atoms with Crippen molar-refractivity contribution in [3.05, 3.63) is 68.6 Å². The summed E-state index contributed by atoms with van der Waals surface area (Å²) < 4.78 is 1.97. The molecule has 4 heteroatoms. The van der Waals surface area contributed by atoms with E-state index in [0.717, 1.165) is 14.5 Å². The first-order valence-electron chi connectivity index (χ1n) is 5.27. The predicted octanol–water partition coefficient (Wildman–Crippen LogP) is 5.53. The van der Waals surface area contributed by atoms with Crippen LogP contribution >= 0.6 is 47.8 Å². The molecule has 0 saturated heterocycles. The minimum atomic E-state index is -0.313. The standard InChI is InChI=1S/C14H9Br3O/c15-11-5-1-9(2-6-11)13(17)14(18)10-3-7-12(16)8-4-10/h1-8,13H/t13-/m1/s1. The number of benzene rings is 2. The van der Waals surface area contributed by atoms with Gasteiger partial charge in [0, 0.05) is 14.5 Å². The molecule has 0 amide bonds. The third kappa shape index (κ3) is 3.31. The van der Waals surface area contributed by atoms with Crippen LogP contribution in [0.1, 0.15) is 20.7 Å². The van der Waals surface area contributed by atoms with Crippen molar-refractivity contribution in [1.82, 2.24) is 0 Å². The molecule has 0 aromatic heterocycles. The summed E-state index contributed by atoms with van der Waals surface area (Å²) in [7, 11) is 0. The van der Waals surface area contributed by atoms with Gasteiger partial charge in [-0.15, -0.1) is 0 Å². The Kier molecular flexibility index (Phi) is 4.76. The molecule has 2 rings (SSSR count). The fourth-order valence-corrected chi connectivity index (χ4v) is 2.64. The van der Waals surface area contributed by atoms with Crippen molar-refractivity contribution in [3.63, 3.8) is 0 Å². The van der Waals surface area contributed by atoms with E-state index in [9.17, 15) is 4.79 Å². The van der Waals surface area contributed by atoms with Crippen molar-refractivity contribution in [3.8, 4) is 0 Å². The zero-order valence-corrected chi connectivity index (χ0v) is 14.0. The van der Waals surface area contributed by atoms with Crippen molar-refractivity contribution in [2.75, 3.05) is 0 Å². The van der Waals surface area contributed by atoms with Gasteiger partial charge in [-0.2, -0.15) is 0 Å². The molecule has 0 aliphatic heterocycles. The SMILES string of the molecule is O=C(c1ccc(Br)cc1)[C@H](Br)c1ccc(Br)cc1. The number of carbonyl (C=O) groups excluding carboxylic acids is 1. The summed E-state index contributed by atoms with van der Waals surface area (Å²) in [5, 5.41) is 0. The molecule has 0 bridgehead atoms. The van der Waals surface area contributed by atoms with Crippen LogP contribution in [0.5, 0.6) is 0 Å². The van der Waals surface area contributed by atoms with Crippen molar-refractivity contribution in [2.45, 2.75) is 4.83 Å². The Labute approximate surface area is 131 Å². The zero-order chi connectivity index (χ0) is 13.1. The average molecular weight is 433 g/mol. The Morgan fingerprint density at radius 3 is 1.78 bits per heavy atom. The van der Waals surface area contributed by atoms with Crippen LogP contribution in [0, 0.1) is 0 Å². The van der Waals surface area contributed by atoms with E-state index in [-0.39, 0.29) is 10.6 Å². The largest absolute Gasteiger partial charge is 0.293 e. The van der Waals surface area contributed by atoms with E-state index in [2.05, 4.69) is 47.8 Å². The molecule has 0 heterocycles. The highest BCUT2D eigenvalue weighted by molar-refractivity contribution is 9.10. The second kappa shape index (κ2) is 6.13. The van der Waals surface area contributed by atoms with Crippen LogP contribution in [-0.2, 0) is 0 Å². The highest BCUT2D eigenvalue weighted by Gasteiger charge is 2.18. The lowest BCUT2D eigenvalue weighted by atomic mass is 10.0. The molecule has 0 saturated carbocycles. The maximum absolute atomic E-state index is 12.3. The molecule has 1 nitrogen and oxygen atoms in total. The molecular weight excluding hydrogens is 424 g/mol. The number of rotatable bonds is 3. The fourth-order valence-electron chi connectivity index (χ4n) is 1.54. The molecule has 0 aliphatic carbocycles. The second-order valence-corrected chi connectivity index (χ2v) is 6.53. The number of halogens is 3. The maximum Gasteiger partial charge on any atom is 0.180 e. The van der Waals surface area contributed by atoms with Crippen LogP contribution in [0.4, 0.5) is 0 Å². The second-order valence-electron chi connectivity index (χ2n) is 3.79. The summed E-state index contributed by atoms with van der Waals surface area (Å²) in [5.41, 5.74) is 1.65. The van der Waals surface area contributed by atoms with E-state index in [1.54, 1.807) is 0 Å². The van der Waals surface area contributed by atoms with Gasteiger partial charge >= 0.3 is 0 Å². The van der Waals surface area contributed by atoms with Crippen molar-refractivity contribution < 1.29 is 4.79 Å². The van der Waals surface area contributed by atoms with Crippen LogP contribution in [0.15, 0.2) is 57.5 Å². The zero-order valence-electron chi connectivity index (χ0n) is 9.24. The molecule has 0 fully saturated rings. The fraction of sp³-hybridized carbons (Fsp3) is 0.0714. The summed E-state index contributed by atoms with van der Waals surface area (Å²) >= 11 is 10.2. The van der Waals surface area contributed by atoms with Gasteiger partial charge in [-0.3, -0.25) is 4.79 Å². The van der Waals surface area contributed by atoms with Gasteiger partial charge in [0.1, 0.15) is 4.83 Å². The van der Waals surface area contributed by atoms with Gasteiger partial charge in [-0.05, 0) is 29.8 Å². The summed E-state index contributed by atoms with van der Waals surface area (Å²) in [4.78, 5) is 12.0. The molecule has 1 atom stereocenters. The van der Waals surface area contributed by atoms with Gasteiger partial charge in [0.15, 0.2) is 5.78 Å². The van der Waals surface area contributed by atoms with Gasteiger partial charge < -0.3 is 0 Å². The van der Waals surface area contributed by atoms with Gasteiger partial charge in [0.05, 0.1) is 0 Å². The van der Waals surface area contributed by atoms with Crippen molar-refractivity contribution in [2.24, 2.45) is 0 Å². The molecule has 0 radical (unpaired) electrons. The molecule has 0 unspecified atom stereocenters. The van der Waals surface area contributed by atoms with Crippen LogP contribution in [-0.4, -0.2) is 5.78 Å². The highest BCUT2D eigenvalue weighted by Crippen LogP contribution is 2.28. The summed E-state index contributed by atoms with van der Waals surface area (Å²) in [6.45, 7) is 0. The van der Waals surface area contributed by atoms with Gasteiger partial charge in [0.2, 0.25) is 0 Å². The van der Waals surface area contributed by atoms with Crippen LogP contribution in [0.2, 0.25) is 0 Å².